The summed E-state index contributed by atoms with van der Waals surface area (Å²) < 4.78 is 0. The number of hydrogen-bond acceptors (Lipinski definition) is 4. The molecule has 7 nitrogen and oxygen atoms in total. The normalized spacial score (nSPS) is 18.4. The number of imide groups is 1. The second-order valence-electron chi connectivity index (χ2n) is 6.58. The largest absolute Gasteiger partial charge is 0.368 e. The van der Waals surface area contributed by atoms with Crippen molar-refractivity contribution in [3.05, 3.63) is 30.3 Å². The molecule has 2 amide bonds. The summed E-state index contributed by atoms with van der Waals surface area (Å²) >= 11 is 0. The summed E-state index contributed by atoms with van der Waals surface area (Å²) in [5, 5.41) is 3.29. The molecule has 0 bridgehead atoms. The minimum absolute atomic E-state index is 0. The number of carbonyl (C=O) groups excluding carboxylic acids is 2. The van der Waals surface area contributed by atoms with Crippen molar-refractivity contribution in [1.29, 1.82) is 0 Å². The van der Waals surface area contributed by atoms with Crippen molar-refractivity contribution >= 4 is 47.4 Å². The Morgan fingerprint density at radius 1 is 1.04 bits per heavy atom. The number of guanidine groups is 1. The monoisotopic (exact) mass is 485 g/mol. The van der Waals surface area contributed by atoms with Gasteiger partial charge in [0.2, 0.25) is 11.8 Å². The molecule has 1 aromatic rings. The Labute approximate surface area is 177 Å². The molecule has 0 spiro atoms. The van der Waals surface area contributed by atoms with Gasteiger partial charge in [0, 0.05) is 64.8 Å². The number of likely N-dealkylation sites (tertiary alicyclic amines) is 1. The van der Waals surface area contributed by atoms with E-state index in [-0.39, 0.29) is 35.8 Å². The lowest BCUT2D eigenvalue weighted by atomic mass is 10.1. The topological polar surface area (TPSA) is 68.2 Å². The number of amides is 2. The fourth-order valence-corrected chi connectivity index (χ4v) is 3.48. The van der Waals surface area contributed by atoms with Gasteiger partial charge in [-0.25, -0.2) is 0 Å². The number of carbonyl (C=O) groups is 2. The van der Waals surface area contributed by atoms with E-state index in [0.29, 0.717) is 32.4 Å². The van der Waals surface area contributed by atoms with Crippen LogP contribution in [0.1, 0.15) is 19.3 Å². The first-order chi connectivity index (χ1) is 12.7. The number of anilines is 1. The molecule has 3 rings (SSSR count). The van der Waals surface area contributed by atoms with Crippen LogP contribution >= 0.6 is 24.0 Å². The zero-order chi connectivity index (χ0) is 18.4. The number of benzene rings is 1. The van der Waals surface area contributed by atoms with Crippen molar-refractivity contribution in [2.24, 2.45) is 4.99 Å². The summed E-state index contributed by atoms with van der Waals surface area (Å²) in [5.41, 5.74) is 1.25. The summed E-state index contributed by atoms with van der Waals surface area (Å²) in [4.78, 5) is 34.0. The molecule has 27 heavy (non-hydrogen) atoms. The Bertz CT molecular complexity index is 643. The van der Waals surface area contributed by atoms with E-state index in [1.807, 2.05) is 6.07 Å². The maximum Gasteiger partial charge on any atom is 0.229 e. The molecule has 0 aromatic heterocycles. The van der Waals surface area contributed by atoms with Crippen molar-refractivity contribution in [3.8, 4) is 0 Å². The van der Waals surface area contributed by atoms with E-state index in [0.717, 1.165) is 32.1 Å². The predicted octanol–water partition coefficient (Wildman–Crippen LogP) is 1.54. The van der Waals surface area contributed by atoms with Crippen LogP contribution in [0.3, 0.4) is 0 Å². The highest BCUT2D eigenvalue weighted by Gasteiger charge is 2.25. The number of hydrogen-bond donors (Lipinski definition) is 1. The fraction of sp³-hybridized carbons (Fsp3) is 0.526. The second-order valence-corrected chi connectivity index (χ2v) is 6.58. The first-order valence-corrected chi connectivity index (χ1v) is 9.28. The Kier molecular flexibility index (Phi) is 8.33. The Balaban J connectivity index is 0.00000261. The molecule has 0 saturated carbocycles. The van der Waals surface area contributed by atoms with Crippen molar-refractivity contribution in [3.63, 3.8) is 0 Å². The Morgan fingerprint density at radius 3 is 2.26 bits per heavy atom. The molecular formula is C19H28IN5O2. The molecule has 0 radical (unpaired) electrons. The molecule has 1 N–H and O–H groups in total. The lowest BCUT2D eigenvalue weighted by Gasteiger charge is -2.37. The van der Waals surface area contributed by atoms with Crippen LogP contribution in [0.25, 0.3) is 0 Å². The number of rotatable bonds is 4. The zero-order valence-corrected chi connectivity index (χ0v) is 18.1. The van der Waals surface area contributed by atoms with Crippen molar-refractivity contribution in [2.75, 3.05) is 51.2 Å². The molecule has 2 saturated heterocycles. The van der Waals surface area contributed by atoms with Gasteiger partial charge < -0.3 is 15.1 Å². The zero-order valence-electron chi connectivity index (χ0n) is 15.8. The molecule has 2 aliphatic heterocycles. The van der Waals surface area contributed by atoms with E-state index in [1.54, 1.807) is 7.05 Å². The van der Waals surface area contributed by atoms with Crippen LogP contribution in [-0.4, -0.2) is 73.9 Å². The van der Waals surface area contributed by atoms with E-state index >= 15 is 0 Å². The first kappa shape index (κ1) is 21.5. The summed E-state index contributed by atoms with van der Waals surface area (Å²) in [6.45, 7) is 4.58. The summed E-state index contributed by atoms with van der Waals surface area (Å²) in [6, 6.07) is 10.4. The third kappa shape index (κ3) is 5.57. The van der Waals surface area contributed by atoms with Crippen LogP contribution in [0.5, 0.6) is 0 Å². The first-order valence-electron chi connectivity index (χ1n) is 9.28. The standard InChI is InChI=1S/C19H27N5O2.HI/c1-20-19(21-10-11-24-17(25)8-5-9-18(24)26)23-14-12-22(13-15-23)16-6-3-2-4-7-16;/h2-4,6-7H,5,8-15H2,1H3,(H,20,21);1H. The van der Waals surface area contributed by atoms with Gasteiger partial charge in [0.1, 0.15) is 0 Å². The van der Waals surface area contributed by atoms with Crippen LogP contribution in [0.15, 0.2) is 35.3 Å². The van der Waals surface area contributed by atoms with Gasteiger partial charge in [-0.2, -0.15) is 0 Å². The van der Waals surface area contributed by atoms with Gasteiger partial charge in [-0.3, -0.25) is 19.5 Å². The van der Waals surface area contributed by atoms with Gasteiger partial charge >= 0.3 is 0 Å². The molecule has 2 heterocycles. The molecule has 2 aliphatic rings. The van der Waals surface area contributed by atoms with Crippen molar-refractivity contribution in [1.82, 2.24) is 15.1 Å². The second kappa shape index (κ2) is 10.5. The summed E-state index contributed by atoms with van der Waals surface area (Å²) in [6.07, 6.45) is 1.62. The maximum atomic E-state index is 11.9. The van der Waals surface area contributed by atoms with E-state index in [1.165, 1.54) is 10.6 Å². The number of piperidine rings is 1. The molecule has 2 fully saturated rings. The molecule has 1 aromatic carbocycles. The highest BCUT2D eigenvalue weighted by molar-refractivity contribution is 14.0. The number of para-hydroxylation sites is 1. The molecule has 8 heteroatoms. The van der Waals surface area contributed by atoms with E-state index in [4.69, 9.17) is 0 Å². The van der Waals surface area contributed by atoms with E-state index < -0.39 is 0 Å². The average molecular weight is 485 g/mol. The minimum Gasteiger partial charge on any atom is -0.368 e. The van der Waals surface area contributed by atoms with Crippen LogP contribution < -0.4 is 10.2 Å². The Hall–Kier alpha value is -1.84. The molecular weight excluding hydrogens is 457 g/mol. The summed E-state index contributed by atoms with van der Waals surface area (Å²) in [7, 11) is 1.77. The van der Waals surface area contributed by atoms with Gasteiger partial charge in [-0.1, -0.05) is 18.2 Å². The number of halogens is 1. The number of nitrogens with zero attached hydrogens (tertiary/aromatic N) is 4. The fourth-order valence-electron chi connectivity index (χ4n) is 3.48. The lowest BCUT2D eigenvalue weighted by Crippen LogP contribution is -2.53. The van der Waals surface area contributed by atoms with Gasteiger partial charge in [0.25, 0.3) is 0 Å². The van der Waals surface area contributed by atoms with E-state index in [9.17, 15) is 9.59 Å². The summed E-state index contributed by atoms with van der Waals surface area (Å²) in [5.74, 6) is 0.707. The Morgan fingerprint density at radius 2 is 1.67 bits per heavy atom. The number of aliphatic imine (C=N–C) groups is 1. The van der Waals surface area contributed by atoms with Crippen molar-refractivity contribution < 1.29 is 9.59 Å². The molecule has 0 aliphatic carbocycles. The maximum absolute atomic E-state index is 11.9. The highest BCUT2D eigenvalue weighted by atomic mass is 127. The minimum atomic E-state index is -0.0606. The number of nitrogens with one attached hydrogen (secondary N) is 1. The van der Waals surface area contributed by atoms with Gasteiger partial charge in [0.05, 0.1) is 0 Å². The SMILES string of the molecule is CN=C(NCCN1C(=O)CCCC1=O)N1CCN(c2ccccc2)CC1.I. The van der Waals surface area contributed by atoms with Crippen LogP contribution in [0.4, 0.5) is 5.69 Å². The van der Waals surface area contributed by atoms with E-state index in [2.05, 4.69) is 44.4 Å². The van der Waals surface area contributed by atoms with Gasteiger partial charge in [0.15, 0.2) is 5.96 Å². The van der Waals surface area contributed by atoms with Gasteiger partial charge in [-0.05, 0) is 18.6 Å². The quantitative estimate of drug-likeness (QED) is 0.304. The third-order valence-corrected chi connectivity index (χ3v) is 4.91. The van der Waals surface area contributed by atoms with Gasteiger partial charge in [-0.15, -0.1) is 24.0 Å². The van der Waals surface area contributed by atoms with Crippen LogP contribution in [-0.2, 0) is 9.59 Å². The molecule has 148 valence electrons. The predicted molar refractivity (Wildman–Crippen MR) is 118 cm³/mol. The number of piperazine rings is 1. The van der Waals surface area contributed by atoms with Crippen LogP contribution in [0.2, 0.25) is 0 Å². The molecule has 0 atom stereocenters. The smallest absolute Gasteiger partial charge is 0.229 e. The third-order valence-electron chi connectivity index (χ3n) is 4.91. The van der Waals surface area contributed by atoms with Crippen LogP contribution in [0, 0.1) is 0 Å². The molecule has 0 unspecified atom stereocenters. The van der Waals surface area contributed by atoms with Crippen molar-refractivity contribution in [2.45, 2.75) is 19.3 Å². The lowest BCUT2D eigenvalue weighted by molar-refractivity contribution is -0.147. The average Bonchev–Trinajstić information content (AvgIpc) is 2.68. The highest BCUT2D eigenvalue weighted by Crippen LogP contribution is 2.15.